The quantitative estimate of drug-likeness (QED) is 0.283. The van der Waals surface area contributed by atoms with Gasteiger partial charge in [0.05, 0.1) is 10.5 Å². The van der Waals surface area contributed by atoms with E-state index in [9.17, 15) is 15.3 Å². The first-order chi connectivity index (χ1) is 12.1. The van der Waals surface area contributed by atoms with E-state index >= 15 is 0 Å². The summed E-state index contributed by atoms with van der Waals surface area (Å²) in [6.07, 6.45) is 8.57. The summed E-state index contributed by atoms with van der Waals surface area (Å²) in [5.41, 5.74) is 0.631. The highest BCUT2D eigenvalue weighted by atomic mass is 32.2. The van der Waals surface area contributed by atoms with Crippen molar-refractivity contribution < 1.29 is 14.9 Å². The summed E-state index contributed by atoms with van der Waals surface area (Å²) in [7, 11) is 0. The van der Waals surface area contributed by atoms with Crippen LogP contribution >= 0.6 is 11.8 Å². The van der Waals surface area contributed by atoms with Gasteiger partial charge in [0.15, 0.2) is 0 Å². The lowest BCUT2D eigenvalue weighted by atomic mass is 9.96. The standard InChI is InChI=1S/C18H20N3O3S/c22-20(15-6-2-1-3-7-15)13-14-12-16(21(23)24)9-10-17(14)25-18-8-4-5-11-19-18/h4-5,8-13,15,22H,1-3,6-7H2/q+1. The molecule has 1 heterocycles. The van der Waals surface area contributed by atoms with Crippen molar-refractivity contribution >= 4 is 23.7 Å². The molecule has 6 nitrogen and oxygen atoms in total. The molecule has 0 bridgehead atoms. The molecular formula is C18H20N3O3S+. The van der Waals surface area contributed by atoms with E-state index in [-0.39, 0.29) is 11.7 Å². The first-order valence-corrected chi connectivity index (χ1v) is 9.14. The Morgan fingerprint density at radius 2 is 2.00 bits per heavy atom. The molecule has 0 unspecified atom stereocenters. The number of nitrogens with zero attached hydrogens (tertiary/aromatic N) is 3. The predicted molar refractivity (Wildman–Crippen MR) is 95.5 cm³/mol. The van der Waals surface area contributed by atoms with Gasteiger partial charge in [0.25, 0.3) is 5.69 Å². The molecule has 1 aromatic carbocycles. The van der Waals surface area contributed by atoms with Crippen molar-refractivity contribution in [2.24, 2.45) is 0 Å². The largest absolute Gasteiger partial charge is 0.291 e. The molecule has 130 valence electrons. The maximum Gasteiger partial charge on any atom is 0.270 e. The minimum atomic E-state index is -0.422. The topological polar surface area (TPSA) is 79.3 Å². The zero-order valence-corrected chi connectivity index (χ0v) is 14.6. The summed E-state index contributed by atoms with van der Waals surface area (Å²) in [6.45, 7) is 0. The molecule has 1 aliphatic rings. The van der Waals surface area contributed by atoms with Crippen molar-refractivity contribution in [3.63, 3.8) is 0 Å². The summed E-state index contributed by atoms with van der Waals surface area (Å²) < 4.78 is 1.22. The van der Waals surface area contributed by atoms with E-state index in [0.717, 1.165) is 35.6 Å². The molecule has 0 atom stereocenters. The Morgan fingerprint density at radius 1 is 1.20 bits per heavy atom. The fourth-order valence-corrected chi connectivity index (χ4v) is 3.81. The Kier molecular flexibility index (Phi) is 5.65. The maximum absolute atomic E-state index is 11.1. The van der Waals surface area contributed by atoms with E-state index in [1.165, 1.54) is 35.1 Å². The van der Waals surface area contributed by atoms with Gasteiger partial charge in [0, 0.05) is 36.1 Å². The van der Waals surface area contributed by atoms with Crippen molar-refractivity contribution in [3.05, 3.63) is 58.3 Å². The maximum atomic E-state index is 11.1. The molecule has 1 N–H and O–H groups in total. The molecule has 1 saturated carbocycles. The number of rotatable bonds is 5. The van der Waals surface area contributed by atoms with Gasteiger partial charge in [-0.25, -0.2) is 4.98 Å². The lowest BCUT2D eigenvalue weighted by Gasteiger charge is -2.15. The lowest BCUT2D eigenvalue weighted by Crippen LogP contribution is -2.27. The third-order valence-corrected chi connectivity index (χ3v) is 5.32. The van der Waals surface area contributed by atoms with Crippen LogP contribution in [0.25, 0.3) is 0 Å². The number of aromatic nitrogens is 1. The Labute approximate surface area is 150 Å². The van der Waals surface area contributed by atoms with Crippen LogP contribution in [0.4, 0.5) is 5.69 Å². The molecule has 0 saturated heterocycles. The highest BCUT2D eigenvalue weighted by Crippen LogP contribution is 2.31. The van der Waals surface area contributed by atoms with Gasteiger partial charge in [0.1, 0.15) is 5.03 Å². The molecule has 0 spiro atoms. The van der Waals surface area contributed by atoms with Crippen LogP contribution in [0.2, 0.25) is 0 Å². The molecule has 1 aromatic heterocycles. The first kappa shape index (κ1) is 17.4. The summed E-state index contributed by atoms with van der Waals surface area (Å²) in [5.74, 6) is 0. The van der Waals surface area contributed by atoms with Gasteiger partial charge in [-0.1, -0.05) is 24.2 Å². The monoisotopic (exact) mass is 358 g/mol. The molecule has 0 radical (unpaired) electrons. The van der Waals surface area contributed by atoms with Crippen molar-refractivity contribution in [1.29, 1.82) is 0 Å². The molecular weight excluding hydrogens is 338 g/mol. The fraction of sp³-hybridized carbons (Fsp3) is 0.333. The highest BCUT2D eigenvalue weighted by Gasteiger charge is 2.25. The van der Waals surface area contributed by atoms with Gasteiger partial charge in [-0.2, -0.15) is 0 Å². The van der Waals surface area contributed by atoms with Gasteiger partial charge in [-0.05, 0) is 35.8 Å². The zero-order chi connectivity index (χ0) is 17.6. The van der Waals surface area contributed by atoms with E-state index < -0.39 is 4.92 Å². The zero-order valence-electron chi connectivity index (χ0n) is 13.7. The molecule has 1 fully saturated rings. The van der Waals surface area contributed by atoms with Crippen LogP contribution in [-0.4, -0.2) is 32.1 Å². The molecule has 0 aliphatic heterocycles. The Bertz CT molecular complexity index is 774. The SMILES string of the molecule is O=[N+]([O-])c1ccc(Sc2ccccn2)c(C=[N+](O)C2CCCCC2)c1. The average molecular weight is 358 g/mol. The number of hydroxylamine groups is 1. The van der Waals surface area contributed by atoms with E-state index in [1.54, 1.807) is 18.5 Å². The molecule has 25 heavy (non-hydrogen) atoms. The van der Waals surface area contributed by atoms with E-state index in [2.05, 4.69) is 4.98 Å². The Hall–Kier alpha value is -2.41. The van der Waals surface area contributed by atoms with Crippen molar-refractivity contribution in [2.45, 2.75) is 48.1 Å². The minimum Gasteiger partial charge on any atom is -0.291 e. The van der Waals surface area contributed by atoms with Crippen LogP contribution in [0, 0.1) is 10.1 Å². The van der Waals surface area contributed by atoms with Crippen LogP contribution in [-0.2, 0) is 0 Å². The number of pyridine rings is 1. The average Bonchev–Trinajstić information content (AvgIpc) is 2.64. The number of hydrogen-bond acceptors (Lipinski definition) is 5. The second kappa shape index (κ2) is 8.11. The molecule has 1 aliphatic carbocycles. The fourth-order valence-electron chi connectivity index (χ4n) is 2.96. The molecule has 2 aromatic rings. The van der Waals surface area contributed by atoms with Gasteiger partial charge in [0.2, 0.25) is 12.3 Å². The number of nitro benzene ring substituents is 1. The number of hydrogen-bond donors (Lipinski definition) is 1. The second-order valence-electron chi connectivity index (χ2n) is 6.05. The third-order valence-electron chi connectivity index (χ3n) is 4.28. The van der Waals surface area contributed by atoms with E-state index in [4.69, 9.17) is 0 Å². The third kappa shape index (κ3) is 4.57. The highest BCUT2D eigenvalue weighted by molar-refractivity contribution is 7.99. The van der Waals surface area contributed by atoms with Crippen LogP contribution in [0.5, 0.6) is 0 Å². The molecule has 0 amide bonds. The van der Waals surface area contributed by atoms with Crippen LogP contribution in [0.1, 0.15) is 37.7 Å². The van der Waals surface area contributed by atoms with Gasteiger partial charge in [-0.15, -0.1) is 0 Å². The number of benzene rings is 1. The summed E-state index contributed by atoms with van der Waals surface area (Å²) in [4.78, 5) is 15.8. The van der Waals surface area contributed by atoms with Crippen molar-refractivity contribution in [1.82, 2.24) is 4.98 Å². The van der Waals surface area contributed by atoms with Crippen LogP contribution in [0.15, 0.2) is 52.5 Å². The smallest absolute Gasteiger partial charge is 0.270 e. The van der Waals surface area contributed by atoms with E-state index in [0.29, 0.717) is 5.56 Å². The van der Waals surface area contributed by atoms with Gasteiger partial charge < -0.3 is 0 Å². The summed E-state index contributed by atoms with van der Waals surface area (Å²) >= 11 is 1.42. The minimum absolute atomic E-state index is 0.00802. The second-order valence-corrected chi connectivity index (χ2v) is 7.11. The normalized spacial score (nSPS) is 15.9. The number of non-ortho nitro benzene ring substituents is 1. The van der Waals surface area contributed by atoms with E-state index in [1.807, 2.05) is 18.2 Å². The lowest BCUT2D eigenvalue weighted by molar-refractivity contribution is -0.797. The first-order valence-electron chi connectivity index (χ1n) is 8.33. The summed E-state index contributed by atoms with van der Waals surface area (Å²) in [6, 6.07) is 10.4. The Morgan fingerprint density at radius 3 is 2.68 bits per heavy atom. The molecule has 7 heteroatoms. The predicted octanol–water partition coefficient (Wildman–Crippen LogP) is 4.29. The molecule has 3 rings (SSSR count). The van der Waals surface area contributed by atoms with Crippen molar-refractivity contribution in [3.8, 4) is 0 Å². The summed E-state index contributed by atoms with van der Waals surface area (Å²) in [5, 5.41) is 22.3. The van der Waals surface area contributed by atoms with Gasteiger partial charge >= 0.3 is 0 Å². The van der Waals surface area contributed by atoms with Crippen molar-refractivity contribution in [2.75, 3.05) is 0 Å². The Balaban J connectivity index is 1.93. The number of nitro groups is 1. The van der Waals surface area contributed by atoms with Crippen LogP contribution in [0.3, 0.4) is 0 Å². The van der Waals surface area contributed by atoms with Crippen LogP contribution < -0.4 is 0 Å². The van der Waals surface area contributed by atoms with Gasteiger partial charge in [-0.3, -0.25) is 15.3 Å².